The lowest BCUT2D eigenvalue weighted by Gasteiger charge is -2.15. The molecule has 85 heavy (non-hydrogen) atoms. The zero-order chi connectivity index (χ0) is 61.4. The maximum atomic E-state index is 12.3. The van der Waals surface area contributed by atoms with Crippen LogP contribution >= 0.6 is 11.1 Å². The Morgan fingerprint density at radius 2 is 0.812 bits per heavy atom. The SMILES string of the molecule is C.COc1ccc(C(=O)c2ccccc2O)cc1.COc1ccc(C(=O)c2ccccc2OC)cc1.COc1ccc(C(O)c2ccccc2OC)cc1.COc1ccc(Cc2ccccc2O)cc1.COc1ccccc1C=O.C[Si](C)(C)Cl. The van der Waals surface area contributed by atoms with Gasteiger partial charge < -0.3 is 48.5 Å². The summed E-state index contributed by atoms with van der Waals surface area (Å²) in [7, 11) is 9.99. The number of hydrogen-bond donors (Lipinski definition) is 3. The Balaban J connectivity index is 0.000000274. The van der Waals surface area contributed by atoms with Gasteiger partial charge in [-0.1, -0.05) is 124 Å². The molecule has 0 spiro atoms. The van der Waals surface area contributed by atoms with Crippen molar-refractivity contribution in [1.29, 1.82) is 0 Å². The Morgan fingerprint density at radius 1 is 0.447 bits per heavy atom. The first kappa shape index (κ1) is 69.9. The van der Waals surface area contributed by atoms with E-state index >= 15 is 0 Å². The summed E-state index contributed by atoms with van der Waals surface area (Å²) in [5.74, 6) is 5.00. The number of ketones is 2. The van der Waals surface area contributed by atoms with E-state index in [-0.39, 0.29) is 24.7 Å². The fraction of sp³-hybridized carbons (Fsp3) is 0.186. The fourth-order valence-electron chi connectivity index (χ4n) is 7.54. The van der Waals surface area contributed by atoms with Crippen LogP contribution in [-0.4, -0.2) is 90.3 Å². The molecule has 0 radical (unpaired) electrons. The molecule has 0 saturated heterocycles. The van der Waals surface area contributed by atoms with Gasteiger partial charge in [0.2, 0.25) is 0 Å². The highest BCUT2D eigenvalue weighted by Crippen LogP contribution is 2.31. The summed E-state index contributed by atoms with van der Waals surface area (Å²) in [6.45, 7) is 6.28. The number of benzene rings is 9. The minimum Gasteiger partial charge on any atom is -0.508 e. The number of carbonyl (C=O) groups is 3. The van der Waals surface area contributed by atoms with Gasteiger partial charge in [0.1, 0.15) is 65.2 Å². The van der Waals surface area contributed by atoms with Crippen molar-refractivity contribution in [1.82, 2.24) is 0 Å². The minimum absolute atomic E-state index is 0. The highest BCUT2D eigenvalue weighted by molar-refractivity contribution is 7.18. The molecule has 0 aromatic heterocycles. The van der Waals surface area contributed by atoms with E-state index in [1.807, 2.05) is 109 Å². The summed E-state index contributed by atoms with van der Waals surface area (Å²) in [6.07, 6.45) is 0.808. The van der Waals surface area contributed by atoms with Crippen LogP contribution in [0.5, 0.6) is 51.7 Å². The number of phenols is 2. The standard InChI is InChI=1S/C15H16O3.C15H14O3.C14H12O3.C14H14O2.C8H8O2.C3H9ClSi.CH4/c2*1-17-12-9-7-11(8-10-12)15(16)13-5-3-4-6-14(13)18-2;1-17-11-8-6-10(7-9-11)14(16)12-4-2-3-5-13(12)15;1-16-13-8-6-11(7-9-13)10-12-4-2-3-5-14(12)15;1-10-8-5-3-2-4-7(8)6-9;1-5(2,3)4;/h3-10,15-16H,1-2H3;3-10H,1-2H3;2-9,15H,1H3;2-9,15H,10H2,1H3;2-6H,1H3;1-3H3;1H4. The lowest BCUT2D eigenvalue weighted by molar-refractivity contribution is 0.102. The number of aromatic hydroxyl groups is 2. The number of para-hydroxylation sites is 5. The van der Waals surface area contributed by atoms with Crippen LogP contribution in [0.1, 0.15) is 78.0 Å². The third-order valence-electron chi connectivity index (χ3n) is 11.9. The molecule has 3 N–H and O–H groups in total. The van der Waals surface area contributed by atoms with Crippen molar-refractivity contribution >= 4 is 36.3 Å². The smallest absolute Gasteiger partial charge is 0.196 e. The Bertz CT molecular complexity index is 3400. The van der Waals surface area contributed by atoms with Crippen molar-refractivity contribution in [3.63, 3.8) is 0 Å². The highest BCUT2D eigenvalue weighted by atomic mass is 35.6. The average molecular weight is 1190 g/mol. The highest BCUT2D eigenvalue weighted by Gasteiger charge is 2.16. The van der Waals surface area contributed by atoms with Gasteiger partial charge in [0.05, 0.1) is 66.5 Å². The quantitative estimate of drug-likeness (QED) is 0.0361. The second kappa shape index (κ2) is 37.0. The topological polar surface area (TPSA) is 177 Å². The van der Waals surface area contributed by atoms with E-state index in [0.717, 1.165) is 52.2 Å². The summed E-state index contributed by atoms with van der Waals surface area (Å²) in [5.41, 5.74) is 6.24. The number of rotatable bonds is 16. The summed E-state index contributed by atoms with van der Waals surface area (Å²) in [6, 6.07) is 64.6. The molecule has 0 aliphatic heterocycles. The van der Waals surface area contributed by atoms with Crippen LogP contribution in [0.2, 0.25) is 19.6 Å². The minimum atomic E-state index is -1.14. The first-order valence-corrected chi connectivity index (χ1v) is 30.8. The Labute approximate surface area is 506 Å². The Kier molecular flexibility index (Phi) is 30.4. The molecule has 0 aliphatic carbocycles. The van der Waals surface area contributed by atoms with E-state index in [0.29, 0.717) is 56.6 Å². The number of aliphatic hydroxyl groups excluding tert-OH is 1. The maximum absolute atomic E-state index is 12.3. The first-order chi connectivity index (χ1) is 40.4. The van der Waals surface area contributed by atoms with Crippen LogP contribution in [0.15, 0.2) is 218 Å². The molecule has 1 atom stereocenters. The molecule has 0 amide bonds. The molecule has 446 valence electrons. The number of halogens is 1. The van der Waals surface area contributed by atoms with Gasteiger partial charge in [-0.3, -0.25) is 14.4 Å². The third-order valence-corrected chi connectivity index (χ3v) is 11.9. The molecule has 13 nitrogen and oxygen atoms in total. The van der Waals surface area contributed by atoms with Gasteiger partial charge in [0.15, 0.2) is 17.9 Å². The Morgan fingerprint density at radius 3 is 1.25 bits per heavy atom. The predicted molar refractivity (Wildman–Crippen MR) is 342 cm³/mol. The number of aliphatic hydroxyl groups is 1. The summed E-state index contributed by atoms with van der Waals surface area (Å²) in [4.78, 5) is 34.7. The number of aldehydes is 1. The molecular weight excluding hydrogens is 1110 g/mol. The maximum Gasteiger partial charge on any atom is 0.196 e. The second-order valence-electron chi connectivity index (χ2n) is 18.8. The van der Waals surface area contributed by atoms with Gasteiger partial charge in [-0.2, -0.15) is 11.1 Å². The van der Waals surface area contributed by atoms with E-state index in [4.69, 9.17) is 44.2 Å². The van der Waals surface area contributed by atoms with Crippen molar-refractivity contribution in [2.45, 2.75) is 39.6 Å². The number of phenolic OH excluding ortho intramolecular Hbond substituents is 2. The van der Waals surface area contributed by atoms with Crippen molar-refractivity contribution in [2.75, 3.05) is 49.8 Å². The average Bonchev–Trinajstić information content (AvgIpc) is 3.61. The molecule has 9 rings (SSSR count). The van der Waals surface area contributed by atoms with Gasteiger partial charge in [0, 0.05) is 23.1 Å². The molecule has 0 fully saturated rings. The molecule has 0 aliphatic rings. The van der Waals surface area contributed by atoms with E-state index in [1.54, 1.807) is 153 Å². The van der Waals surface area contributed by atoms with Crippen LogP contribution in [-0.2, 0) is 6.42 Å². The van der Waals surface area contributed by atoms with Gasteiger partial charge in [-0.05, 0) is 138 Å². The van der Waals surface area contributed by atoms with E-state index < -0.39 is 13.5 Å². The predicted octanol–water partition coefficient (Wildman–Crippen LogP) is 15.5. The fourth-order valence-corrected chi connectivity index (χ4v) is 7.54. The second-order valence-corrected chi connectivity index (χ2v) is 26.4. The van der Waals surface area contributed by atoms with E-state index in [1.165, 1.54) is 6.07 Å². The van der Waals surface area contributed by atoms with Crippen molar-refractivity contribution in [3.05, 3.63) is 268 Å². The number of carbonyl (C=O) groups excluding carboxylic acids is 3. The monoisotopic (exact) mass is 1190 g/mol. The van der Waals surface area contributed by atoms with Crippen molar-refractivity contribution in [3.8, 4) is 51.7 Å². The molecule has 15 heteroatoms. The van der Waals surface area contributed by atoms with E-state index in [2.05, 4.69) is 19.6 Å². The number of hydrogen-bond acceptors (Lipinski definition) is 13. The summed E-state index contributed by atoms with van der Waals surface area (Å²) >= 11 is 5.67. The zero-order valence-corrected chi connectivity index (χ0v) is 50.7. The number of methoxy groups -OCH3 is 7. The lowest BCUT2D eigenvalue weighted by Crippen LogP contribution is -2.06. The lowest BCUT2D eigenvalue weighted by atomic mass is 10.0. The van der Waals surface area contributed by atoms with Crippen molar-refractivity contribution in [2.24, 2.45) is 0 Å². The summed E-state index contributed by atoms with van der Waals surface area (Å²) < 4.78 is 35.6. The van der Waals surface area contributed by atoms with Gasteiger partial charge in [-0.25, -0.2) is 0 Å². The van der Waals surface area contributed by atoms with Gasteiger partial charge >= 0.3 is 0 Å². The van der Waals surface area contributed by atoms with E-state index in [9.17, 15) is 29.7 Å². The normalized spacial score (nSPS) is 10.3. The molecule has 0 heterocycles. The summed E-state index contributed by atoms with van der Waals surface area (Å²) in [5, 5.41) is 29.6. The Hall–Kier alpha value is -9.34. The molecule has 0 bridgehead atoms. The van der Waals surface area contributed by atoms with Crippen LogP contribution in [0.3, 0.4) is 0 Å². The molecule has 1 unspecified atom stereocenters. The van der Waals surface area contributed by atoms with Crippen LogP contribution < -0.4 is 33.2 Å². The van der Waals surface area contributed by atoms with Crippen LogP contribution in [0.25, 0.3) is 0 Å². The molecule has 0 saturated carbocycles. The molecule has 9 aromatic carbocycles. The van der Waals surface area contributed by atoms with Crippen molar-refractivity contribution < 1.29 is 62.9 Å². The zero-order valence-electron chi connectivity index (χ0n) is 48.9. The molecule has 9 aromatic rings. The first-order valence-electron chi connectivity index (χ1n) is 26.3. The van der Waals surface area contributed by atoms with Gasteiger partial charge in [0.25, 0.3) is 0 Å². The third kappa shape index (κ3) is 23.4. The van der Waals surface area contributed by atoms with Gasteiger partial charge in [-0.15, -0.1) is 0 Å². The van der Waals surface area contributed by atoms with Crippen LogP contribution in [0, 0.1) is 0 Å². The number of ether oxygens (including phenoxy) is 7. The van der Waals surface area contributed by atoms with Crippen LogP contribution in [0.4, 0.5) is 0 Å². The molecular formula is C70H77ClO13Si. The largest absolute Gasteiger partial charge is 0.508 e.